The minimum absolute atomic E-state index is 0.0344. The monoisotopic (exact) mass is 257 g/mol. The summed E-state index contributed by atoms with van der Waals surface area (Å²) in [4.78, 5) is 11.0. The lowest BCUT2D eigenvalue weighted by atomic mass is 9.95. The lowest BCUT2D eigenvalue weighted by Gasteiger charge is -2.13. The zero-order valence-electron chi connectivity index (χ0n) is 9.97. The largest absolute Gasteiger partial charge is 0.416 e. The Hall–Kier alpha value is -1.78. The molecule has 98 valence electrons. The summed E-state index contributed by atoms with van der Waals surface area (Å²) >= 11 is 0. The van der Waals surface area contributed by atoms with Crippen molar-refractivity contribution >= 4 is 11.5 Å². The molecule has 0 spiro atoms. The maximum atomic E-state index is 12.6. The Bertz CT molecular complexity index is 478. The summed E-state index contributed by atoms with van der Waals surface area (Å²) in [6.45, 7) is 5.35. The van der Waals surface area contributed by atoms with E-state index in [4.69, 9.17) is 5.73 Å². The van der Waals surface area contributed by atoms with E-state index in [2.05, 4.69) is 6.58 Å². The van der Waals surface area contributed by atoms with Crippen molar-refractivity contribution in [2.45, 2.75) is 25.9 Å². The Morgan fingerprint density at radius 2 is 2.00 bits per heavy atom. The number of halogens is 3. The van der Waals surface area contributed by atoms with Gasteiger partial charge in [0.15, 0.2) is 0 Å². The predicted octanol–water partition coefficient (Wildman–Crippen LogP) is 3.16. The quantitative estimate of drug-likeness (QED) is 0.827. The fourth-order valence-electron chi connectivity index (χ4n) is 1.67. The van der Waals surface area contributed by atoms with E-state index in [1.165, 1.54) is 6.07 Å². The number of primary amides is 1. The summed E-state index contributed by atoms with van der Waals surface area (Å²) in [5.74, 6) is -0.730. The SMILES string of the molecule is C=C(C(N)=O)c1ccc(C(F)(F)F)cc1CCC. The second-order valence-corrected chi connectivity index (χ2v) is 3.96. The van der Waals surface area contributed by atoms with Crippen molar-refractivity contribution in [3.63, 3.8) is 0 Å². The first-order chi connectivity index (χ1) is 8.27. The fourth-order valence-corrected chi connectivity index (χ4v) is 1.67. The lowest BCUT2D eigenvalue weighted by molar-refractivity contribution is -0.137. The molecule has 5 heteroatoms. The lowest BCUT2D eigenvalue weighted by Crippen LogP contribution is -2.14. The summed E-state index contributed by atoms with van der Waals surface area (Å²) in [6, 6.07) is 3.23. The van der Waals surface area contributed by atoms with Gasteiger partial charge in [0.1, 0.15) is 0 Å². The second-order valence-electron chi connectivity index (χ2n) is 3.96. The second kappa shape index (κ2) is 5.25. The van der Waals surface area contributed by atoms with Crippen molar-refractivity contribution in [2.75, 3.05) is 0 Å². The van der Waals surface area contributed by atoms with Crippen LogP contribution in [0.5, 0.6) is 0 Å². The molecule has 1 aromatic rings. The van der Waals surface area contributed by atoms with Gasteiger partial charge < -0.3 is 5.73 Å². The molecule has 0 atom stereocenters. The summed E-state index contributed by atoms with van der Waals surface area (Å²) in [5.41, 5.74) is 5.23. The number of rotatable bonds is 4. The standard InChI is InChI=1S/C13H14F3NO/c1-3-4-9-7-10(13(14,15)16)5-6-11(9)8(2)12(17)18/h5-7H,2-4H2,1H3,(H2,17,18). The minimum Gasteiger partial charge on any atom is -0.366 e. The van der Waals surface area contributed by atoms with Gasteiger partial charge in [0.05, 0.1) is 5.56 Å². The maximum Gasteiger partial charge on any atom is 0.416 e. The summed E-state index contributed by atoms with van der Waals surface area (Å²) in [5, 5.41) is 0. The molecular weight excluding hydrogens is 243 g/mol. The van der Waals surface area contributed by atoms with Crippen molar-refractivity contribution in [1.82, 2.24) is 0 Å². The number of carbonyl (C=O) groups is 1. The van der Waals surface area contributed by atoms with E-state index in [0.29, 0.717) is 24.0 Å². The van der Waals surface area contributed by atoms with Gasteiger partial charge in [-0.2, -0.15) is 13.2 Å². The number of carbonyl (C=O) groups excluding carboxylic acids is 1. The molecule has 0 unspecified atom stereocenters. The highest BCUT2D eigenvalue weighted by Gasteiger charge is 2.31. The van der Waals surface area contributed by atoms with Gasteiger partial charge in [-0.1, -0.05) is 26.0 Å². The van der Waals surface area contributed by atoms with Crippen molar-refractivity contribution in [1.29, 1.82) is 0 Å². The molecule has 1 amide bonds. The summed E-state index contributed by atoms with van der Waals surface area (Å²) < 4.78 is 37.8. The van der Waals surface area contributed by atoms with E-state index in [1.807, 2.05) is 6.92 Å². The Morgan fingerprint density at radius 1 is 1.39 bits per heavy atom. The first-order valence-electron chi connectivity index (χ1n) is 5.46. The number of hydrogen-bond donors (Lipinski definition) is 1. The minimum atomic E-state index is -4.39. The number of amides is 1. The molecule has 0 saturated heterocycles. The van der Waals surface area contributed by atoms with E-state index in [1.54, 1.807) is 0 Å². The Kier molecular flexibility index (Phi) is 4.16. The van der Waals surface area contributed by atoms with Crippen LogP contribution in [0.1, 0.15) is 30.0 Å². The molecule has 18 heavy (non-hydrogen) atoms. The van der Waals surface area contributed by atoms with E-state index in [0.717, 1.165) is 12.1 Å². The molecule has 2 nitrogen and oxygen atoms in total. The molecule has 0 bridgehead atoms. The molecule has 1 rings (SSSR count). The van der Waals surface area contributed by atoms with E-state index >= 15 is 0 Å². The highest BCUT2D eigenvalue weighted by atomic mass is 19.4. The average Bonchev–Trinajstić information content (AvgIpc) is 2.27. The first kappa shape index (κ1) is 14.3. The molecule has 1 aromatic carbocycles. The molecule has 0 fully saturated rings. The van der Waals surface area contributed by atoms with Gasteiger partial charge >= 0.3 is 6.18 Å². The normalized spacial score (nSPS) is 11.3. The first-order valence-corrected chi connectivity index (χ1v) is 5.46. The highest BCUT2D eigenvalue weighted by Crippen LogP contribution is 2.32. The van der Waals surface area contributed by atoms with Gasteiger partial charge in [0.2, 0.25) is 5.91 Å². The molecule has 0 heterocycles. The predicted molar refractivity (Wildman–Crippen MR) is 63.7 cm³/mol. The van der Waals surface area contributed by atoms with Crippen LogP contribution < -0.4 is 5.73 Å². The van der Waals surface area contributed by atoms with Gasteiger partial charge in [-0.05, 0) is 29.7 Å². The van der Waals surface area contributed by atoms with Crippen LogP contribution in [-0.2, 0) is 17.4 Å². The third-order valence-corrected chi connectivity index (χ3v) is 2.57. The van der Waals surface area contributed by atoms with Crippen LogP contribution in [0, 0.1) is 0 Å². The van der Waals surface area contributed by atoms with Gasteiger partial charge in [0.25, 0.3) is 0 Å². The zero-order valence-corrected chi connectivity index (χ0v) is 9.97. The van der Waals surface area contributed by atoms with Crippen LogP contribution in [0.2, 0.25) is 0 Å². The van der Waals surface area contributed by atoms with Crippen LogP contribution in [0.15, 0.2) is 24.8 Å². The van der Waals surface area contributed by atoms with Crippen molar-refractivity contribution < 1.29 is 18.0 Å². The molecular formula is C13H14F3NO. The number of alkyl halides is 3. The molecule has 0 radical (unpaired) electrons. The van der Waals surface area contributed by atoms with Gasteiger partial charge in [0, 0.05) is 5.57 Å². The Morgan fingerprint density at radius 3 is 2.44 bits per heavy atom. The fraction of sp³-hybridized carbons (Fsp3) is 0.308. The topological polar surface area (TPSA) is 43.1 Å². The van der Waals surface area contributed by atoms with E-state index in [-0.39, 0.29) is 5.57 Å². The Labute approximate surface area is 103 Å². The van der Waals surface area contributed by atoms with E-state index < -0.39 is 17.6 Å². The smallest absolute Gasteiger partial charge is 0.366 e. The molecule has 0 aliphatic carbocycles. The van der Waals surface area contributed by atoms with Crippen molar-refractivity contribution in [3.05, 3.63) is 41.5 Å². The number of nitrogens with two attached hydrogens (primary N) is 1. The molecule has 0 saturated carbocycles. The highest BCUT2D eigenvalue weighted by molar-refractivity contribution is 6.18. The van der Waals surface area contributed by atoms with Crippen LogP contribution in [0.4, 0.5) is 13.2 Å². The van der Waals surface area contributed by atoms with Crippen molar-refractivity contribution in [2.24, 2.45) is 5.73 Å². The van der Waals surface area contributed by atoms with Gasteiger partial charge in [-0.3, -0.25) is 4.79 Å². The molecule has 2 N–H and O–H groups in total. The van der Waals surface area contributed by atoms with E-state index in [9.17, 15) is 18.0 Å². The molecule has 0 aliphatic rings. The molecule has 0 aliphatic heterocycles. The Balaban J connectivity index is 3.29. The van der Waals surface area contributed by atoms with Gasteiger partial charge in [-0.25, -0.2) is 0 Å². The number of aryl methyl sites for hydroxylation is 1. The number of hydrogen-bond acceptors (Lipinski definition) is 1. The van der Waals surface area contributed by atoms with Crippen LogP contribution in [0.25, 0.3) is 5.57 Å². The maximum absolute atomic E-state index is 12.6. The van der Waals surface area contributed by atoms with Crippen LogP contribution in [-0.4, -0.2) is 5.91 Å². The van der Waals surface area contributed by atoms with Crippen LogP contribution in [0.3, 0.4) is 0 Å². The third-order valence-electron chi connectivity index (χ3n) is 2.57. The summed E-state index contributed by atoms with van der Waals surface area (Å²) in [6.07, 6.45) is -3.29. The summed E-state index contributed by atoms with van der Waals surface area (Å²) in [7, 11) is 0. The van der Waals surface area contributed by atoms with Gasteiger partial charge in [-0.15, -0.1) is 0 Å². The zero-order chi connectivity index (χ0) is 13.9. The average molecular weight is 257 g/mol. The van der Waals surface area contributed by atoms with Crippen LogP contribution >= 0.6 is 0 Å². The molecule has 0 aromatic heterocycles. The van der Waals surface area contributed by atoms with Crippen molar-refractivity contribution in [3.8, 4) is 0 Å². The number of benzene rings is 1. The third kappa shape index (κ3) is 3.12.